The van der Waals surface area contributed by atoms with Crippen LogP contribution in [-0.2, 0) is 16.5 Å². The van der Waals surface area contributed by atoms with Crippen LogP contribution in [-0.4, -0.2) is 31.9 Å². The number of rotatable bonds is 0. The molecule has 4 aliphatic rings. The molecule has 0 amide bonds. The Balaban J connectivity index is 1.99. The summed E-state index contributed by atoms with van der Waals surface area (Å²) in [6.07, 6.45) is 1.40. The maximum atomic E-state index is 12.3. The second-order valence-electron chi connectivity index (χ2n) is 5.87. The van der Waals surface area contributed by atoms with Crippen LogP contribution in [0.15, 0.2) is 20.1 Å². The van der Waals surface area contributed by atoms with Crippen LogP contribution in [0.4, 0.5) is 0 Å². The molecule has 0 radical (unpaired) electrons. The molecule has 8 heteroatoms. The quantitative estimate of drug-likeness (QED) is 0.677. The molecule has 1 saturated heterocycles. The van der Waals surface area contributed by atoms with Gasteiger partial charge >= 0.3 is 11.4 Å². The Hall–Kier alpha value is -1.12. The Morgan fingerprint density at radius 2 is 1.75 bits per heavy atom. The maximum Gasteiger partial charge on any atom is 0.347 e. The highest BCUT2D eigenvalue weighted by Crippen LogP contribution is 2.49. The first-order valence-corrected chi connectivity index (χ1v) is 7.24. The predicted molar refractivity (Wildman–Crippen MR) is 72.8 cm³/mol. The molecule has 1 aromatic heterocycles. The van der Waals surface area contributed by atoms with Crippen molar-refractivity contribution in [2.24, 2.45) is 7.05 Å². The van der Waals surface area contributed by atoms with Gasteiger partial charge in [-0.1, -0.05) is 15.9 Å². The van der Waals surface area contributed by atoms with Crippen LogP contribution in [0.25, 0.3) is 0 Å². The molecule has 2 bridgehead atoms. The predicted octanol–water partition coefficient (Wildman–Crippen LogP) is 0.257. The van der Waals surface area contributed by atoms with Crippen molar-refractivity contribution < 1.29 is 9.47 Å². The summed E-state index contributed by atoms with van der Waals surface area (Å²) < 4.78 is 16.8. The van der Waals surface area contributed by atoms with E-state index in [1.54, 1.807) is 0 Å². The van der Waals surface area contributed by atoms with Crippen LogP contribution >= 0.6 is 15.9 Å². The minimum atomic E-state index is -0.712. The zero-order valence-electron chi connectivity index (χ0n) is 11.2. The van der Waals surface area contributed by atoms with Gasteiger partial charge < -0.3 is 9.47 Å². The van der Waals surface area contributed by atoms with E-state index in [9.17, 15) is 9.59 Å². The number of hydrogen-bond acceptors (Lipinski definition) is 4. The fourth-order valence-electron chi connectivity index (χ4n) is 3.40. The molecular weight excluding hydrogens is 330 g/mol. The van der Waals surface area contributed by atoms with Crippen molar-refractivity contribution in [1.82, 2.24) is 13.9 Å². The smallest absolute Gasteiger partial charge is 0.342 e. The van der Waals surface area contributed by atoms with E-state index >= 15 is 0 Å². The topological polar surface area (TPSA) is 67.4 Å². The van der Waals surface area contributed by atoms with Gasteiger partial charge in [-0.25, -0.2) is 23.5 Å². The molecule has 0 saturated carbocycles. The molecule has 4 unspecified atom stereocenters. The van der Waals surface area contributed by atoms with Crippen molar-refractivity contribution in [3.05, 3.63) is 31.5 Å². The highest BCUT2D eigenvalue weighted by atomic mass is 79.9. The Kier molecular flexibility index (Phi) is 2.24. The van der Waals surface area contributed by atoms with Crippen molar-refractivity contribution in [2.75, 3.05) is 0 Å². The molecule has 108 valence electrons. The monoisotopic (exact) mass is 343 g/mol. The lowest BCUT2D eigenvalue weighted by Crippen LogP contribution is -2.54. The number of nitrogens with zero attached hydrogens (tertiary/aromatic N) is 3. The largest absolute Gasteiger partial charge is 0.347 e. The van der Waals surface area contributed by atoms with Crippen LogP contribution in [0, 0.1) is 0 Å². The lowest BCUT2D eigenvalue weighted by Gasteiger charge is -2.41. The lowest BCUT2D eigenvalue weighted by molar-refractivity contribution is -0.147. The van der Waals surface area contributed by atoms with E-state index in [-0.39, 0.29) is 35.7 Å². The summed E-state index contributed by atoms with van der Waals surface area (Å²) in [7, 11) is 1.48. The molecule has 7 nitrogen and oxygen atoms in total. The molecule has 0 aromatic carbocycles. The normalized spacial score (nSPS) is 36.7. The Morgan fingerprint density at radius 1 is 1.15 bits per heavy atom. The SMILES string of the molecule is Cn1c(=O)n2n(c1=O)C1C(Br)=CC2C2OC(C)(C)OC21. The molecule has 5 rings (SSSR count). The van der Waals surface area contributed by atoms with E-state index in [1.165, 1.54) is 16.4 Å². The summed E-state index contributed by atoms with van der Waals surface area (Å²) in [6.45, 7) is 3.68. The summed E-state index contributed by atoms with van der Waals surface area (Å²) in [5.41, 5.74) is -0.658. The molecular formula is C12H14BrN3O4. The van der Waals surface area contributed by atoms with Gasteiger partial charge in [0.15, 0.2) is 5.79 Å². The van der Waals surface area contributed by atoms with Gasteiger partial charge in [-0.05, 0) is 19.9 Å². The van der Waals surface area contributed by atoms with Crippen LogP contribution in [0.5, 0.6) is 0 Å². The van der Waals surface area contributed by atoms with E-state index in [4.69, 9.17) is 9.47 Å². The van der Waals surface area contributed by atoms with E-state index in [0.717, 1.165) is 9.05 Å². The number of aromatic nitrogens is 3. The summed E-state index contributed by atoms with van der Waals surface area (Å²) in [5, 5.41) is 0. The van der Waals surface area contributed by atoms with Crippen LogP contribution in [0.2, 0.25) is 0 Å². The second kappa shape index (κ2) is 3.55. The van der Waals surface area contributed by atoms with E-state index in [1.807, 2.05) is 19.9 Å². The van der Waals surface area contributed by atoms with Gasteiger partial charge in [-0.3, -0.25) is 0 Å². The first-order valence-electron chi connectivity index (χ1n) is 6.45. The van der Waals surface area contributed by atoms with Gasteiger partial charge in [-0.15, -0.1) is 0 Å². The summed E-state index contributed by atoms with van der Waals surface area (Å²) >= 11 is 3.50. The van der Waals surface area contributed by atoms with Crippen molar-refractivity contribution >= 4 is 15.9 Å². The standard InChI is InChI=1S/C12H14BrN3O4/c1-12(2)19-8-6-4-5(13)7(9(8)20-12)16-11(18)14(3)10(17)15(6)16/h4,6-9H,1-3H3. The highest BCUT2D eigenvalue weighted by Gasteiger charge is 2.57. The summed E-state index contributed by atoms with van der Waals surface area (Å²) in [6, 6.07) is -0.685. The second-order valence-corrected chi connectivity index (χ2v) is 6.78. The van der Waals surface area contributed by atoms with Crippen molar-refractivity contribution in [3.8, 4) is 0 Å². The number of hydrogen-bond donors (Lipinski definition) is 0. The van der Waals surface area contributed by atoms with Gasteiger partial charge in [0, 0.05) is 11.5 Å². The third-order valence-electron chi connectivity index (χ3n) is 4.17. The average Bonchev–Trinajstić information content (AvgIpc) is 2.80. The summed E-state index contributed by atoms with van der Waals surface area (Å²) in [5.74, 6) is -0.712. The molecule has 4 heterocycles. The van der Waals surface area contributed by atoms with E-state index < -0.39 is 5.79 Å². The van der Waals surface area contributed by atoms with Gasteiger partial charge in [0.1, 0.15) is 24.3 Å². The Labute approximate surface area is 122 Å². The minimum Gasteiger partial charge on any atom is -0.342 e. The van der Waals surface area contributed by atoms with E-state index in [2.05, 4.69) is 15.9 Å². The third-order valence-corrected chi connectivity index (χ3v) is 4.90. The van der Waals surface area contributed by atoms with Crippen LogP contribution in [0.3, 0.4) is 0 Å². The summed E-state index contributed by atoms with van der Waals surface area (Å²) in [4.78, 5) is 24.5. The van der Waals surface area contributed by atoms with Crippen LogP contribution in [0.1, 0.15) is 25.9 Å². The number of ether oxygens (including phenoxy) is 2. The van der Waals surface area contributed by atoms with Crippen molar-refractivity contribution in [1.29, 1.82) is 0 Å². The van der Waals surface area contributed by atoms with Gasteiger partial charge in [0.25, 0.3) is 0 Å². The van der Waals surface area contributed by atoms with Crippen molar-refractivity contribution in [3.63, 3.8) is 0 Å². The molecule has 1 aliphatic carbocycles. The molecule has 4 atom stereocenters. The van der Waals surface area contributed by atoms with Crippen LogP contribution < -0.4 is 11.4 Å². The molecule has 0 N–H and O–H groups in total. The molecule has 0 spiro atoms. The van der Waals surface area contributed by atoms with Crippen molar-refractivity contribution in [2.45, 2.75) is 43.9 Å². The average molecular weight is 344 g/mol. The van der Waals surface area contributed by atoms with E-state index in [0.29, 0.717) is 0 Å². The lowest BCUT2D eigenvalue weighted by atomic mass is 9.90. The van der Waals surface area contributed by atoms with Gasteiger partial charge in [-0.2, -0.15) is 0 Å². The third kappa shape index (κ3) is 1.32. The molecule has 1 fully saturated rings. The first-order chi connectivity index (χ1) is 9.32. The number of halogens is 1. The Bertz CT molecular complexity index is 756. The highest BCUT2D eigenvalue weighted by molar-refractivity contribution is 9.11. The molecule has 1 aromatic rings. The van der Waals surface area contributed by atoms with Gasteiger partial charge in [0.05, 0.1) is 0 Å². The molecule has 3 aliphatic heterocycles. The van der Waals surface area contributed by atoms with Gasteiger partial charge in [0.2, 0.25) is 0 Å². The fraction of sp³-hybridized carbons (Fsp3) is 0.667. The first kappa shape index (κ1) is 12.6. The zero-order valence-corrected chi connectivity index (χ0v) is 12.8. The Morgan fingerprint density at radius 3 is 2.45 bits per heavy atom. The minimum absolute atomic E-state index is 0.254. The zero-order chi connectivity index (χ0) is 14.4. The fourth-order valence-corrected chi connectivity index (χ4v) is 4.13. The maximum absolute atomic E-state index is 12.3. The molecule has 20 heavy (non-hydrogen) atoms.